The van der Waals surface area contributed by atoms with Crippen molar-refractivity contribution < 1.29 is 19.5 Å². The van der Waals surface area contributed by atoms with Crippen LogP contribution in [0.15, 0.2) is 77.5 Å². The van der Waals surface area contributed by atoms with E-state index in [9.17, 15) is 19.5 Å². The summed E-state index contributed by atoms with van der Waals surface area (Å²) in [5.74, 6) is -1.88. The highest BCUT2D eigenvalue weighted by Crippen LogP contribution is 2.43. The molecule has 2 amide bonds. The molecule has 2 N–H and O–H groups in total. The highest BCUT2D eigenvalue weighted by atomic mass is 79.9. The molecule has 1 aliphatic rings. The Labute approximate surface area is 248 Å². The van der Waals surface area contributed by atoms with Crippen molar-refractivity contribution in [3.63, 3.8) is 0 Å². The van der Waals surface area contributed by atoms with Crippen molar-refractivity contribution in [1.29, 1.82) is 0 Å². The van der Waals surface area contributed by atoms with Crippen molar-refractivity contribution in [2.75, 3.05) is 11.9 Å². The van der Waals surface area contributed by atoms with Gasteiger partial charge in [0.05, 0.1) is 11.3 Å². The van der Waals surface area contributed by atoms with E-state index in [1.807, 2.05) is 32.0 Å². The maximum absolute atomic E-state index is 13.8. The molecule has 0 radical (unpaired) electrons. The first-order valence-electron chi connectivity index (χ1n) is 12.5. The van der Waals surface area contributed by atoms with Crippen LogP contribution in [0.4, 0.5) is 5.69 Å². The second kappa shape index (κ2) is 11.3. The molecule has 3 aromatic carbocycles. The smallest absolute Gasteiger partial charge is 0.335 e. The van der Waals surface area contributed by atoms with Crippen LogP contribution < -0.4 is 5.32 Å². The fourth-order valence-corrected chi connectivity index (χ4v) is 6.14. The van der Waals surface area contributed by atoms with E-state index in [4.69, 9.17) is 11.6 Å². The standard InChI is InChI=1S/C29H24BrClN6O4/c1-29(2)15-36(24(38)13-8-18-14-19(31)9-12-23(18)37-16-32-34-35-37)26(21-4-3-5-22(30)25(21)29)27(39)33-20-10-6-17(7-11-20)28(40)41/h3-14,16,26H,15H2,1-2H3,(H,33,39)(H,40,41). The fourth-order valence-electron chi connectivity index (χ4n) is 5.04. The zero-order valence-electron chi connectivity index (χ0n) is 22.0. The van der Waals surface area contributed by atoms with Gasteiger partial charge in [0.1, 0.15) is 12.4 Å². The molecule has 1 aliphatic heterocycles. The van der Waals surface area contributed by atoms with Crippen LogP contribution >= 0.6 is 27.5 Å². The second-order valence-corrected chi connectivity index (χ2v) is 11.4. The molecule has 1 atom stereocenters. The van der Waals surface area contributed by atoms with Crippen LogP contribution in [-0.2, 0) is 15.0 Å². The van der Waals surface area contributed by atoms with Gasteiger partial charge in [0, 0.05) is 38.8 Å². The topological polar surface area (TPSA) is 130 Å². The molecule has 4 aromatic rings. The molecule has 0 bridgehead atoms. The number of amides is 2. The quantitative estimate of drug-likeness (QED) is 0.275. The van der Waals surface area contributed by atoms with Crippen LogP contribution in [0.2, 0.25) is 5.02 Å². The first-order valence-corrected chi connectivity index (χ1v) is 13.7. The Bertz CT molecular complexity index is 1670. The van der Waals surface area contributed by atoms with Crippen LogP contribution in [0.5, 0.6) is 0 Å². The first kappa shape index (κ1) is 28.2. The summed E-state index contributed by atoms with van der Waals surface area (Å²) < 4.78 is 2.31. The van der Waals surface area contributed by atoms with E-state index >= 15 is 0 Å². The number of nitrogens with one attached hydrogen (secondary N) is 1. The van der Waals surface area contributed by atoms with Gasteiger partial charge in [0.15, 0.2) is 0 Å². The third kappa shape index (κ3) is 5.77. The van der Waals surface area contributed by atoms with Crippen LogP contribution in [0, 0.1) is 0 Å². The number of carbonyl (C=O) groups is 3. The number of nitrogens with zero attached hydrogens (tertiary/aromatic N) is 5. The zero-order chi connectivity index (χ0) is 29.3. The summed E-state index contributed by atoms with van der Waals surface area (Å²) in [6.45, 7) is 4.30. The lowest BCUT2D eigenvalue weighted by atomic mass is 9.75. The molecule has 1 aromatic heterocycles. The number of carbonyl (C=O) groups excluding carboxylic acids is 2. The van der Waals surface area contributed by atoms with Gasteiger partial charge in [-0.2, -0.15) is 4.68 Å². The molecular weight excluding hydrogens is 612 g/mol. The SMILES string of the molecule is CC1(C)CN(C(=O)C=Cc2cc(Cl)ccc2-n2cnnn2)C(C(=O)Nc2ccc(C(=O)O)cc2)c2cccc(Br)c21. The molecule has 208 valence electrons. The van der Waals surface area contributed by atoms with Gasteiger partial charge in [-0.3, -0.25) is 9.59 Å². The number of tetrazole rings is 1. The van der Waals surface area contributed by atoms with Crippen LogP contribution in [0.1, 0.15) is 46.9 Å². The largest absolute Gasteiger partial charge is 0.478 e. The molecule has 0 fully saturated rings. The van der Waals surface area contributed by atoms with Gasteiger partial charge in [-0.05, 0) is 76.2 Å². The Kier molecular flexibility index (Phi) is 7.74. The van der Waals surface area contributed by atoms with E-state index in [2.05, 4.69) is 36.8 Å². The average Bonchev–Trinajstić information content (AvgIpc) is 3.46. The predicted molar refractivity (Wildman–Crippen MR) is 157 cm³/mol. The number of aromatic nitrogens is 4. The van der Waals surface area contributed by atoms with Gasteiger partial charge in [0.2, 0.25) is 5.91 Å². The summed E-state index contributed by atoms with van der Waals surface area (Å²) in [6, 6.07) is 15.6. The summed E-state index contributed by atoms with van der Waals surface area (Å²) >= 11 is 9.88. The van der Waals surface area contributed by atoms with Crippen LogP contribution in [0.3, 0.4) is 0 Å². The third-order valence-corrected chi connectivity index (χ3v) is 7.71. The van der Waals surface area contributed by atoms with Crippen LogP contribution in [-0.4, -0.2) is 54.5 Å². The lowest BCUT2D eigenvalue weighted by Crippen LogP contribution is -2.51. The zero-order valence-corrected chi connectivity index (χ0v) is 24.3. The van der Waals surface area contributed by atoms with Crippen molar-refractivity contribution in [1.82, 2.24) is 25.1 Å². The Morgan fingerprint density at radius 1 is 1.12 bits per heavy atom. The first-order chi connectivity index (χ1) is 19.5. The highest BCUT2D eigenvalue weighted by molar-refractivity contribution is 9.10. The Balaban J connectivity index is 1.52. The summed E-state index contributed by atoms with van der Waals surface area (Å²) in [5.41, 5.74) is 2.88. The molecule has 0 spiro atoms. The Morgan fingerprint density at radius 2 is 1.88 bits per heavy atom. The summed E-state index contributed by atoms with van der Waals surface area (Å²) in [4.78, 5) is 40.4. The molecule has 10 nitrogen and oxygen atoms in total. The average molecular weight is 636 g/mol. The van der Waals surface area contributed by atoms with E-state index in [1.54, 1.807) is 24.3 Å². The van der Waals surface area contributed by atoms with Crippen molar-refractivity contribution in [2.24, 2.45) is 0 Å². The molecule has 1 unspecified atom stereocenters. The number of hydrogen-bond acceptors (Lipinski definition) is 6. The number of aromatic carboxylic acids is 1. The van der Waals surface area contributed by atoms with Crippen molar-refractivity contribution in [2.45, 2.75) is 25.3 Å². The van der Waals surface area contributed by atoms with E-state index in [0.717, 1.165) is 10.0 Å². The molecular formula is C29H24BrClN6O4. The Morgan fingerprint density at radius 3 is 2.56 bits per heavy atom. The number of carboxylic acid groups (broad SMARTS) is 1. The number of halogens is 2. The lowest BCUT2D eigenvalue weighted by Gasteiger charge is -2.44. The minimum atomic E-state index is -1.07. The van der Waals surface area contributed by atoms with Crippen molar-refractivity contribution in [3.8, 4) is 5.69 Å². The predicted octanol–water partition coefficient (Wildman–Crippen LogP) is 5.29. The molecule has 0 saturated carbocycles. The minimum absolute atomic E-state index is 0.0979. The molecule has 2 heterocycles. The number of rotatable bonds is 6. The molecule has 0 aliphatic carbocycles. The van der Waals surface area contributed by atoms with Gasteiger partial charge in [-0.25, -0.2) is 4.79 Å². The number of hydrogen-bond donors (Lipinski definition) is 2. The number of anilines is 1. The number of carboxylic acids is 1. The van der Waals surface area contributed by atoms with Gasteiger partial charge >= 0.3 is 5.97 Å². The summed E-state index contributed by atoms with van der Waals surface area (Å²) in [6.07, 6.45) is 4.46. The maximum atomic E-state index is 13.8. The van der Waals surface area contributed by atoms with Gasteiger partial charge < -0.3 is 15.3 Å². The highest BCUT2D eigenvalue weighted by Gasteiger charge is 2.43. The normalized spacial score (nSPS) is 15.9. The summed E-state index contributed by atoms with van der Waals surface area (Å²) in [5, 5.41) is 23.8. The fraction of sp³-hybridized carbons (Fsp3) is 0.172. The number of benzene rings is 3. The molecule has 41 heavy (non-hydrogen) atoms. The van der Waals surface area contributed by atoms with E-state index in [-0.39, 0.29) is 18.0 Å². The van der Waals surface area contributed by atoms with E-state index < -0.39 is 23.3 Å². The lowest BCUT2D eigenvalue weighted by molar-refractivity contribution is -0.136. The van der Waals surface area contributed by atoms with Crippen LogP contribution in [0.25, 0.3) is 11.8 Å². The molecule has 0 saturated heterocycles. The van der Waals surface area contributed by atoms with Gasteiger partial charge in [0.25, 0.3) is 5.91 Å². The second-order valence-electron chi connectivity index (χ2n) is 10.1. The monoisotopic (exact) mass is 634 g/mol. The maximum Gasteiger partial charge on any atom is 0.335 e. The van der Waals surface area contributed by atoms with Gasteiger partial charge in [-0.1, -0.05) is 53.5 Å². The minimum Gasteiger partial charge on any atom is -0.478 e. The summed E-state index contributed by atoms with van der Waals surface area (Å²) in [7, 11) is 0. The third-order valence-electron chi connectivity index (χ3n) is 6.82. The van der Waals surface area contributed by atoms with Crippen molar-refractivity contribution >= 4 is 57.1 Å². The number of fused-ring (bicyclic) bond motifs is 1. The Hall–Kier alpha value is -4.35. The molecule has 12 heteroatoms. The van der Waals surface area contributed by atoms with E-state index in [1.165, 1.54) is 46.3 Å². The van der Waals surface area contributed by atoms with Crippen molar-refractivity contribution in [3.05, 3.63) is 105 Å². The molecule has 5 rings (SSSR count). The van der Waals surface area contributed by atoms with E-state index in [0.29, 0.717) is 27.5 Å². The van der Waals surface area contributed by atoms with Gasteiger partial charge in [-0.15, -0.1) is 5.10 Å².